The van der Waals surface area contributed by atoms with E-state index in [0.29, 0.717) is 12.5 Å². The van der Waals surface area contributed by atoms with Crippen molar-refractivity contribution in [1.82, 2.24) is 5.32 Å². The first-order valence-corrected chi connectivity index (χ1v) is 8.34. The Hall–Kier alpha value is -1.51. The molecule has 1 aliphatic rings. The van der Waals surface area contributed by atoms with Gasteiger partial charge in [-0.1, -0.05) is 39.3 Å². The molecule has 122 valence electrons. The molecule has 0 unspecified atom stereocenters. The Morgan fingerprint density at radius 3 is 2.59 bits per heavy atom. The summed E-state index contributed by atoms with van der Waals surface area (Å²) in [7, 11) is 1.67. The van der Waals surface area contributed by atoms with Gasteiger partial charge in [0.15, 0.2) is 0 Å². The first kappa shape index (κ1) is 16.9. The van der Waals surface area contributed by atoms with Crippen LogP contribution in [0.5, 0.6) is 5.75 Å². The number of rotatable bonds is 5. The normalized spacial score (nSPS) is 23.8. The first-order valence-electron chi connectivity index (χ1n) is 8.34. The summed E-state index contributed by atoms with van der Waals surface area (Å²) in [5, 5.41) is 3.15. The van der Waals surface area contributed by atoms with E-state index in [1.807, 2.05) is 12.1 Å². The molecule has 0 aromatic heterocycles. The molecule has 22 heavy (non-hydrogen) atoms. The van der Waals surface area contributed by atoms with E-state index in [1.165, 1.54) is 18.4 Å². The highest BCUT2D eigenvalue weighted by Crippen LogP contribution is 2.43. The number of amides is 1. The van der Waals surface area contributed by atoms with Gasteiger partial charge in [-0.05, 0) is 48.3 Å². The zero-order valence-electron chi connectivity index (χ0n) is 14.3. The summed E-state index contributed by atoms with van der Waals surface area (Å²) in [6, 6.07) is 8.03. The standard InChI is InChI=1S/C19H29NO2/c1-14-6-5-12-19(2,3)17(14)18(21)20-13-11-15-7-9-16(22-4)10-8-15/h7-10,14,17H,5-6,11-13H2,1-4H3,(H,20,21)/t14-,17-/m0/s1. The summed E-state index contributed by atoms with van der Waals surface area (Å²) in [6.45, 7) is 7.38. The molecule has 0 heterocycles. The van der Waals surface area contributed by atoms with Crippen molar-refractivity contribution < 1.29 is 9.53 Å². The largest absolute Gasteiger partial charge is 0.497 e. The summed E-state index contributed by atoms with van der Waals surface area (Å²) in [5.74, 6) is 1.71. The highest BCUT2D eigenvalue weighted by Gasteiger charge is 2.41. The fraction of sp³-hybridized carbons (Fsp3) is 0.632. The van der Waals surface area contributed by atoms with Gasteiger partial charge >= 0.3 is 0 Å². The third-order valence-corrected chi connectivity index (χ3v) is 5.05. The van der Waals surface area contributed by atoms with Crippen LogP contribution in [0.3, 0.4) is 0 Å². The molecule has 0 spiro atoms. The van der Waals surface area contributed by atoms with Crippen molar-refractivity contribution in [3.63, 3.8) is 0 Å². The topological polar surface area (TPSA) is 38.3 Å². The Labute approximate surface area is 134 Å². The number of hydrogen-bond acceptors (Lipinski definition) is 2. The van der Waals surface area contributed by atoms with Crippen molar-refractivity contribution in [2.75, 3.05) is 13.7 Å². The average molecular weight is 303 g/mol. The number of hydrogen-bond donors (Lipinski definition) is 1. The summed E-state index contributed by atoms with van der Waals surface area (Å²) < 4.78 is 5.16. The lowest BCUT2D eigenvalue weighted by Crippen LogP contribution is -2.45. The van der Waals surface area contributed by atoms with Crippen LogP contribution in [0.15, 0.2) is 24.3 Å². The van der Waals surface area contributed by atoms with Gasteiger partial charge in [-0.3, -0.25) is 4.79 Å². The van der Waals surface area contributed by atoms with E-state index in [1.54, 1.807) is 7.11 Å². The molecule has 0 radical (unpaired) electrons. The fourth-order valence-corrected chi connectivity index (χ4v) is 3.82. The van der Waals surface area contributed by atoms with Crippen LogP contribution in [-0.2, 0) is 11.2 Å². The van der Waals surface area contributed by atoms with Crippen LogP contribution in [-0.4, -0.2) is 19.6 Å². The summed E-state index contributed by atoms with van der Waals surface area (Å²) in [5.41, 5.74) is 1.33. The maximum atomic E-state index is 12.6. The number of carbonyl (C=O) groups is 1. The summed E-state index contributed by atoms with van der Waals surface area (Å²) >= 11 is 0. The smallest absolute Gasteiger partial charge is 0.223 e. The second-order valence-corrected chi connectivity index (χ2v) is 7.22. The molecule has 0 saturated heterocycles. The van der Waals surface area contributed by atoms with E-state index >= 15 is 0 Å². The summed E-state index contributed by atoms with van der Waals surface area (Å²) in [4.78, 5) is 12.6. The highest BCUT2D eigenvalue weighted by atomic mass is 16.5. The lowest BCUT2D eigenvalue weighted by Gasteiger charge is -2.41. The molecule has 1 amide bonds. The quantitative estimate of drug-likeness (QED) is 0.898. The van der Waals surface area contributed by atoms with Gasteiger partial charge in [-0.2, -0.15) is 0 Å². The number of benzene rings is 1. The molecule has 1 saturated carbocycles. The molecule has 3 heteroatoms. The van der Waals surface area contributed by atoms with E-state index in [4.69, 9.17) is 4.74 Å². The van der Waals surface area contributed by atoms with Gasteiger partial charge in [0.25, 0.3) is 0 Å². The number of nitrogens with one attached hydrogen (secondary N) is 1. The van der Waals surface area contributed by atoms with Gasteiger partial charge in [0.2, 0.25) is 5.91 Å². The minimum atomic E-state index is 0.113. The highest BCUT2D eigenvalue weighted by molar-refractivity contribution is 5.79. The molecule has 1 N–H and O–H groups in total. The van der Waals surface area contributed by atoms with Gasteiger partial charge < -0.3 is 10.1 Å². The van der Waals surface area contributed by atoms with Gasteiger partial charge in [0.1, 0.15) is 5.75 Å². The van der Waals surface area contributed by atoms with Crippen LogP contribution in [0.2, 0.25) is 0 Å². The molecule has 0 bridgehead atoms. The molecule has 0 aliphatic heterocycles. The molecule has 1 fully saturated rings. The Kier molecular flexibility index (Phi) is 5.49. The van der Waals surface area contributed by atoms with Crippen molar-refractivity contribution in [1.29, 1.82) is 0 Å². The Morgan fingerprint density at radius 2 is 2.00 bits per heavy atom. The zero-order chi connectivity index (χ0) is 16.2. The van der Waals surface area contributed by atoms with Crippen molar-refractivity contribution in [3.8, 4) is 5.75 Å². The third kappa shape index (κ3) is 4.02. The average Bonchev–Trinajstić information content (AvgIpc) is 2.47. The van der Waals surface area contributed by atoms with Crippen LogP contribution in [0, 0.1) is 17.3 Å². The predicted molar refractivity (Wildman–Crippen MR) is 90.0 cm³/mol. The van der Waals surface area contributed by atoms with E-state index in [9.17, 15) is 4.79 Å². The minimum Gasteiger partial charge on any atom is -0.497 e. The number of ether oxygens (including phenoxy) is 1. The van der Waals surface area contributed by atoms with Gasteiger partial charge in [0.05, 0.1) is 7.11 Å². The van der Waals surface area contributed by atoms with Crippen molar-refractivity contribution in [2.24, 2.45) is 17.3 Å². The van der Waals surface area contributed by atoms with Crippen molar-refractivity contribution >= 4 is 5.91 Å². The predicted octanol–water partition coefficient (Wildman–Crippen LogP) is 3.82. The number of carbonyl (C=O) groups excluding carboxylic acids is 1. The van der Waals surface area contributed by atoms with Gasteiger partial charge in [-0.15, -0.1) is 0 Å². The second-order valence-electron chi connectivity index (χ2n) is 7.22. The minimum absolute atomic E-state index is 0.113. The molecule has 3 nitrogen and oxygen atoms in total. The van der Waals surface area contributed by atoms with Crippen LogP contribution < -0.4 is 10.1 Å². The molecular weight excluding hydrogens is 274 g/mol. The lowest BCUT2D eigenvalue weighted by molar-refractivity contribution is -0.132. The lowest BCUT2D eigenvalue weighted by atomic mass is 9.64. The monoisotopic (exact) mass is 303 g/mol. The maximum absolute atomic E-state index is 12.6. The Bertz CT molecular complexity index is 493. The maximum Gasteiger partial charge on any atom is 0.223 e. The van der Waals surface area contributed by atoms with Crippen molar-refractivity contribution in [2.45, 2.75) is 46.5 Å². The molecule has 1 aliphatic carbocycles. The summed E-state index contributed by atoms with van der Waals surface area (Å²) in [6.07, 6.45) is 4.41. The molecule has 1 aromatic carbocycles. The van der Waals surface area contributed by atoms with E-state index in [2.05, 4.69) is 38.2 Å². The van der Waals surface area contributed by atoms with E-state index in [-0.39, 0.29) is 17.2 Å². The number of methoxy groups -OCH3 is 1. The third-order valence-electron chi connectivity index (χ3n) is 5.05. The van der Waals surface area contributed by atoms with Crippen molar-refractivity contribution in [3.05, 3.63) is 29.8 Å². The molecule has 2 rings (SSSR count). The molecular formula is C19H29NO2. The fourth-order valence-electron chi connectivity index (χ4n) is 3.82. The van der Waals surface area contributed by atoms with E-state index in [0.717, 1.165) is 18.6 Å². The first-order chi connectivity index (χ1) is 10.4. The van der Waals surface area contributed by atoms with Crippen LogP contribution in [0.1, 0.15) is 45.6 Å². The van der Waals surface area contributed by atoms with Gasteiger partial charge in [0, 0.05) is 12.5 Å². The van der Waals surface area contributed by atoms with Crippen LogP contribution >= 0.6 is 0 Å². The van der Waals surface area contributed by atoms with E-state index < -0.39 is 0 Å². The second kappa shape index (κ2) is 7.17. The Morgan fingerprint density at radius 1 is 1.32 bits per heavy atom. The van der Waals surface area contributed by atoms with Gasteiger partial charge in [-0.25, -0.2) is 0 Å². The van der Waals surface area contributed by atoms with Crippen LogP contribution in [0.25, 0.3) is 0 Å². The molecule has 2 atom stereocenters. The Balaban J connectivity index is 1.86. The van der Waals surface area contributed by atoms with Crippen LogP contribution in [0.4, 0.5) is 0 Å². The SMILES string of the molecule is COc1ccc(CCNC(=O)[C@@H]2[C@@H](C)CCCC2(C)C)cc1. The molecule has 1 aromatic rings. The zero-order valence-corrected chi connectivity index (χ0v) is 14.3.